The van der Waals surface area contributed by atoms with Crippen molar-refractivity contribution in [1.29, 1.82) is 0 Å². The normalized spacial score (nSPS) is 18.6. The maximum absolute atomic E-state index is 13.2. The molecule has 0 unspecified atom stereocenters. The van der Waals surface area contributed by atoms with Gasteiger partial charge in [-0.3, -0.25) is 4.79 Å². The van der Waals surface area contributed by atoms with Crippen molar-refractivity contribution in [3.8, 4) is 17.1 Å². The van der Waals surface area contributed by atoms with Gasteiger partial charge in [0, 0.05) is 38.7 Å². The fourth-order valence-electron chi connectivity index (χ4n) is 5.21. The Kier molecular flexibility index (Phi) is 6.65. The summed E-state index contributed by atoms with van der Waals surface area (Å²) in [5.41, 5.74) is 1.61. The molecule has 0 bridgehead atoms. The van der Waals surface area contributed by atoms with Gasteiger partial charge < -0.3 is 15.0 Å². The van der Waals surface area contributed by atoms with Crippen LogP contribution in [0.3, 0.4) is 0 Å². The first-order valence-electron chi connectivity index (χ1n) is 12.3. The highest BCUT2D eigenvalue weighted by molar-refractivity contribution is 7.89. The summed E-state index contributed by atoms with van der Waals surface area (Å²) in [4.78, 5) is 21.0. The third kappa shape index (κ3) is 4.48. The van der Waals surface area contributed by atoms with Gasteiger partial charge in [-0.05, 0) is 37.9 Å². The Bertz CT molecular complexity index is 1380. The Balaban J connectivity index is 1.54. The minimum Gasteiger partial charge on any atom is -0.496 e. The third-order valence-electron chi connectivity index (χ3n) is 7.08. The number of aryl methyl sites for hydroxylation is 1. The van der Waals surface area contributed by atoms with E-state index in [4.69, 9.17) is 9.72 Å². The van der Waals surface area contributed by atoms with Crippen LogP contribution in [0.2, 0.25) is 0 Å². The standard InChI is InChI=1S/C24H32N6O4S/c1-29-23-20(21(28-29)16-7-4-3-5-8-16)24(31)27-22(26-23)18-10-9-17(15-19(18)34-2)35(32,33)30-13-6-11-25-12-14-30/h9-10,15-16,25H,3-8,11-14H2,1-2H3,(H,26,27,31). The molecule has 1 aliphatic heterocycles. The van der Waals surface area contributed by atoms with E-state index in [9.17, 15) is 13.2 Å². The van der Waals surface area contributed by atoms with Gasteiger partial charge >= 0.3 is 0 Å². The van der Waals surface area contributed by atoms with E-state index in [1.165, 1.54) is 23.9 Å². The van der Waals surface area contributed by atoms with Crippen LogP contribution in [0, 0.1) is 0 Å². The highest BCUT2D eigenvalue weighted by atomic mass is 32.2. The Morgan fingerprint density at radius 3 is 2.66 bits per heavy atom. The maximum atomic E-state index is 13.2. The Morgan fingerprint density at radius 2 is 1.89 bits per heavy atom. The lowest BCUT2D eigenvalue weighted by atomic mass is 9.86. The summed E-state index contributed by atoms with van der Waals surface area (Å²) in [6, 6.07) is 4.70. The second-order valence-electron chi connectivity index (χ2n) is 9.33. The largest absolute Gasteiger partial charge is 0.496 e. The fourth-order valence-corrected chi connectivity index (χ4v) is 6.71. The first-order valence-corrected chi connectivity index (χ1v) is 13.7. The van der Waals surface area contributed by atoms with Gasteiger partial charge in [-0.25, -0.2) is 18.1 Å². The number of sulfonamides is 1. The van der Waals surface area contributed by atoms with E-state index in [2.05, 4.69) is 15.4 Å². The van der Waals surface area contributed by atoms with Crippen LogP contribution in [0.25, 0.3) is 22.4 Å². The van der Waals surface area contributed by atoms with Crippen molar-refractivity contribution in [2.75, 3.05) is 33.3 Å². The number of hydrogen-bond acceptors (Lipinski definition) is 7. The van der Waals surface area contributed by atoms with E-state index >= 15 is 0 Å². The number of H-pyrrole nitrogens is 1. The van der Waals surface area contributed by atoms with Crippen molar-refractivity contribution >= 4 is 21.1 Å². The van der Waals surface area contributed by atoms with E-state index in [0.717, 1.165) is 44.3 Å². The molecule has 1 aromatic carbocycles. The third-order valence-corrected chi connectivity index (χ3v) is 8.97. The number of hydrogen-bond donors (Lipinski definition) is 2. The van der Waals surface area contributed by atoms with Crippen LogP contribution >= 0.6 is 0 Å². The number of nitrogens with zero attached hydrogens (tertiary/aromatic N) is 4. The smallest absolute Gasteiger partial charge is 0.262 e. The Labute approximate surface area is 204 Å². The van der Waals surface area contributed by atoms with Crippen LogP contribution in [-0.4, -0.2) is 65.8 Å². The van der Waals surface area contributed by atoms with E-state index in [1.54, 1.807) is 23.9 Å². The van der Waals surface area contributed by atoms with Crippen molar-refractivity contribution in [3.05, 3.63) is 34.2 Å². The molecule has 3 aromatic rings. The first-order chi connectivity index (χ1) is 16.9. The zero-order valence-electron chi connectivity index (χ0n) is 20.2. The van der Waals surface area contributed by atoms with Gasteiger partial charge in [0.2, 0.25) is 10.0 Å². The number of benzene rings is 1. The molecule has 2 N–H and O–H groups in total. The Hall–Kier alpha value is -2.76. The SMILES string of the molecule is COc1cc(S(=O)(=O)N2CCCNCC2)ccc1-c1nc2c(c(C3CCCCC3)nn2C)c(=O)[nH]1. The van der Waals surface area contributed by atoms with Crippen molar-refractivity contribution in [2.45, 2.75) is 49.3 Å². The molecule has 2 fully saturated rings. The number of rotatable bonds is 5. The average Bonchev–Trinajstić information content (AvgIpc) is 3.03. The summed E-state index contributed by atoms with van der Waals surface area (Å²) >= 11 is 0. The summed E-state index contributed by atoms with van der Waals surface area (Å²) < 4.78 is 35.2. The van der Waals surface area contributed by atoms with Crippen LogP contribution in [-0.2, 0) is 17.1 Å². The summed E-state index contributed by atoms with van der Waals surface area (Å²) in [6.07, 6.45) is 6.33. The molecule has 1 saturated heterocycles. The molecule has 3 heterocycles. The second-order valence-corrected chi connectivity index (χ2v) is 11.3. The molecule has 0 atom stereocenters. The zero-order valence-corrected chi connectivity index (χ0v) is 21.0. The van der Waals surface area contributed by atoms with Crippen molar-refractivity contribution < 1.29 is 13.2 Å². The molecule has 5 rings (SSSR count). The molecule has 35 heavy (non-hydrogen) atoms. The van der Waals surface area contributed by atoms with Crippen molar-refractivity contribution in [3.63, 3.8) is 0 Å². The van der Waals surface area contributed by atoms with Gasteiger partial charge in [0.25, 0.3) is 5.56 Å². The first kappa shape index (κ1) is 24.0. The lowest BCUT2D eigenvalue weighted by Crippen LogP contribution is -2.34. The number of methoxy groups -OCH3 is 1. The molecule has 0 spiro atoms. The number of nitrogens with one attached hydrogen (secondary N) is 2. The van der Waals surface area contributed by atoms with E-state index in [1.807, 2.05) is 0 Å². The van der Waals surface area contributed by atoms with Crippen molar-refractivity contribution in [1.82, 2.24) is 29.4 Å². The van der Waals surface area contributed by atoms with Crippen molar-refractivity contribution in [2.24, 2.45) is 7.05 Å². The van der Waals surface area contributed by atoms with Gasteiger partial charge in [-0.1, -0.05) is 19.3 Å². The molecule has 188 valence electrons. The number of aromatic amines is 1. The average molecular weight is 501 g/mol. The molecular weight excluding hydrogens is 468 g/mol. The van der Waals surface area contributed by atoms with Crippen LogP contribution in [0.15, 0.2) is 27.9 Å². The molecule has 1 saturated carbocycles. The topological polar surface area (TPSA) is 122 Å². The number of fused-ring (bicyclic) bond motifs is 1. The summed E-state index contributed by atoms with van der Waals surface area (Å²) in [5, 5.41) is 8.43. The maximum Gasteiger partial charge on any atom is 0.262 e. The van der Waals surface area contributed by atoms with Gasteiger partial charge in [0.1, 0.15) is 17.0 Å². The second kappa shape index (κ2) is 9.71. The predicted octanol–water partition coefficient (Wildman–Crippen LogP) is 2.36. The molecular formula is C24H32N6O4S. The van der Waals surface area contributed by atoms with E-state index in [-0.39, 0.29) is 16.4 Å². The molecule has 10 nitrogen and oxygen atoms in total. The van der Waals surface area contributed by atoms with Crippen LogP contribution in [0.5, 0.6) is 5.75 Å². The Morgan fingerprint density at radius 1 is 1.09 bits per heavy atom. The van der Waals surface area contributed by atoms with Crippen LogP contribution in [0.1, 0.15) is 50.1 Å². The zero-order chi connectivity index (χ0) is 24.6. The predicted molar refractivity (Wildman–Crippen MR) is 133 cm³/mol. The van der Waals surface area contributed by atoms with Crippen LogP contribution < -0.4 is 15.6 Å². The highest BCUT2D eigenvalue weighted by Crippen LogP contribution is 2.35. The summed E-state index contributed by atoms with van der Waals surface area (Å²) in [5.74, 6) is 0.922. The molecule has 0 amide bonds. The molecule has 0 radical (unpaired) electrons. The lowest BCUT2D eigenvalue weighted by Gasteiger charge is -2.20. The van der Waals surface area contributed by atoms with Gasteiger partial charge in [-0.2, -0.15) is 9.40 Å². The van der Waals surface area contributed by atoms with E-state index < -0.39 is 10.0 Å². The van der Waals surface area contributed by atoms with Crippen LogP contribution in [0.4, 0.5) is 0 Å². The quantitative estimate of drug-likeness (QED) is 0.551. The van der Waals surface area contributed by atoms with Gasteiger partial charge in [0.05, 0.1) is 23.3 Å². The highest BCUT2D eigenvalue weighted by Gasteiger charge is 2.28. The monoisotopic (exact) mass is 500 g/mol. The summed E-state index contributed by atoms with van der Waals surface area (Å²) in [7, 11) is -0.390. The van der Waals surface area contributed by atoms with E-state index in [0.29, 0.717) is 47.8 Å². The van der Waals surface area contributed by atoms with Gasteiger partial charge in [-0.15, -0.1) is 0 Å². The number of aromatic nitrogens is 4. The summed E-state index contributed by atoms with van der Waals surface area (Å²) in [6.45, 7) is 2.30. The number of ether oxygens (including phenoxy) is 1. The molecule has 1 aliphatic carbocycles. The molecule has 2 aliphatic rings. The molecule has 2 aromatic heterocycles. The minimum atomic E-state index is -3.67. The minimum absolute atomic E-state index is 0.156. The fraction of sp³-hybridized carbons (Fsp3) is 0.542. The van der Waals surface area contributed by atoms with Gasteiger partial charge in [0.15, 0.2) is 5.65 Å². The lowest BCUT2D eigenvalue weighted by molar-refractivity contribution is 0.412. The molecule has 11 heteroatoms.